The number of ether oxygens (including phenoxy) is 1. The topological polar surface area (TPSA) is 94.6 Å². The molecule has 2 aromatic rings. The quantitative estimate of drug-likeness (QED) is 0.833. The number of nitrogens with one attached hydrogen (secondary N) is 1. The molecule has 0 atom stereocenters. The van der Waals surface area contributed by atoms with Gasteiger partial charge in [0.05, 0.1) is 30.5 Å². The van der Waals surface area contributed by atoms with Gasteiger partial charge < -0.3 is 14.7 Å². The molecule has 28 heavy (non-hydrogen) atoms. The number of piperidine rings is 1. The predicted octanol–water partition coefficient (Wildman–Crippen LogP) is 2.22. The van der Waals surface area contributed by atoms with E-state index in [1.54, 1.807) is 6.20 Å². The maximum atomic E-state index is 12.0. The standard InChI is InChI=1S/C20H27N5O3/c26-20(27)17-16(13-2-1-3-13)18(15-12-21-23-19(15)22-17)25-6-4-14(5-7-25)24-8-10-28-11-9-24/h12-14H,1-11H2,(H,26,27)(H,21,22,23). The number of H-pyrrole nitrogens is 1. The molecule has 5 rings (SSSR count). The van der Waals surface area contributed by atoms with E-state index in [2.05, 4.69) is 25.0 Å². The molecule has 0 amide bonds. The summed E-state index contributed by atoms with van der Waals surface area (Å²) in [5.41, 5.74) is 2.76. The lowest BCUT2D eigenvalue weighted by Crippen LogP contribution is -2.49. The van der Waals surface area contributed by atoms with E-state index < -0.39 is 5.97 Å². The first-order valence-corrected chi connectivity index (χ1v) is 10.4. The summed E-state index contributed by atoms with van der Waals surface area (Å²) in [6.45, 7) is 5.56. The number of carbonyl (C=O) groups is 1. The summed E-state index contributed by atoms with van der Waals surface area (Å²) in [6.07, 6.45) is 7.23. The molecule has 3 fully saturated rings. The van der Waals surface area contributed by atoms with Gasteiger partial charge in [0.15, 0.2) is 11.3 Å². The fourth-order valence-electron chi connectivity index (χ4n) is 4.95. The number of hydrogen-bond donors (Lipinski definition) is 2. The highest BCUT2D eigenvalue weighted by atomic mass is 16.5. The van der Waals surface area contributed by atoms with E-state index in [1.807, 2.05) is 0 Å². The Balaban J connectivity index is 1.48. The van der Waals surface area contributed by atoms with Crippen LogP contribution in [0.3, 0.4) is 0 Å². The van der Waals surface area contributed by atoms with Crippen molar-refractivity contribution < 1.29 is 14.6 Å². The zero-order valence-electron chi connectivity index (χ0n) is 16.1. The molecule has 0 unspecified atom stereocenters. The predicted molar refractivity (Wildman–Crippen MR) is 105 cm³/mol. The molecule has 4 heterocycles. The van der Waals surface area contributed by atoms with Crippen LogP contribution in [0.15, 0.2) is 6.20 Å². The van der Waals surface area contributed by atoms with Crippen LogP contribution >= 0.6 is 0 Å². The second-order valence-corrected chi connectivity index (χ2v) is 8.15. The fraction of sp³-hybridized carbons (Fsp3) is 0.650. The molecule has 2 N–H and O–H groups in total. The first-order valence-electron chi connectivity index (χ1n) is 10.4. The first kappa shape index (κ1) is 17.9. The van der Waals surface area contributed by atoms with E-state index in [1.165, 1.54) is 0 Å². The Morgan fingerprint density at radius 1 is 1.14 bits per heavy atom. The van der Waals surface area contributed by atoms with Crippen molar-refractivity contribution in [2.75, 3.05) is 44.3 Å². The second kappa shape index (κ2) is 7.33. The smallest absolute Gasteiger partial charge is 0.354 e. The summed E-state index contributed by atoms with van der Waals surface area (Å²) in [5, 5.41) is 17.8. The molecular formula is C20H27N5O3. The molecule has 0 spiro atoms. The van der Waals surface area contributed by atoms with Crippen LogP contribution in [0.1, 0.15) is 54.1 Å². The van der Waals surface area contributed by atoms with Crippen LogP contribution in [0.2, 0.25) is 0 Å². The molecule has 150 valence electrons. The average molecular weight is 385 g/mol. The molecule has 8 heteroatoms. The normalized spacial score (nSPS) is 22.5. The van der Waals surface area contributed by atoms with Crippen molar-refractivity contribution in [1.82, 2.24) is 20.1 Å². The zero-order chi connectivity index (χ0) is 19.1. The van der Waals surface area contributed by atoms with Gasteiger partial charge >= 0.3 is 5.97 Å². The number of hydrogen-bond acceptors (Lipinski definition) is 6. The average Bonchev–Trinajstić information content (AvgIpc) is 3.15. The maximum absolute atomic E-state index is 12.0. The van der Waals surface area contributed by atoms with Gasteiger partial charge in [-0.2, -0.15) is 5.10 Å². The second-order valence-electron chi connectivity index (χ2n) is 8.15. The van der Waals surface area contributed by atoms with Crippen LogP contribution in [0.25, 0.3) is 11.0 Å². The summed E-state index contributed by atoms with van der Waals surface area (Å²) in [6, 6.07) is 0.591. The van der Waals surface area contributed by atoms with Crippen molar-refractivity contribution in [2.24, 2.45) is 0 Å². The Labute approximate surface area is 163 Å². The molecule has 2 aromatic heterocycles. The fourth-order valence-corrected chi connectivity index (χ4v) is 4.95. The minimum absolute atomic E-state index is 0.201. The van der Waals surface area contributed by atoms with E-state index >= 15 is 0 Å². The number of aromatic carboxylic acids is 1. The lowest BCUT2D eigenvalue weighted by molar-refractivity contribution is 0.0115. The molecule has 1 saturated carbocycles. The third kappa shape index (κ3) is 3.04. The van der Waals surface area contributed by atoms with Gasteiger partial charge in [0.1, 0.15) is 0 Å². The minimum Gasteiger partial charge on any atom is -0.476 e. The van der Waals surface area contributed by atoms with Crippen LogP contribution in [-0.2, 0) is 4.74 Å². The van der Waals surface area contributed by atoms with Gasteiger partial charge in [-0.3, -0.25) is 10.00 Å². The Hall–Kier alpha value is -2.19. The van der Waals surface area contributed by atoms with E-state index in [-0.39, 0.29) is 5.69 Å². The third-order valence-corrected chi connectivity index (χ3v) is 6.67. The lowest BCUT2D eigenvalue weighted by Gasteiger charge is -2.42. The summed E-state index contributed by atoms with van der Waals surface area (Å²) >= 11 is 0. The molecule has 0 aromatic carbocycles. The van der Waals surface area contributed by atoms with Crippen molar-refractivity contribution in [1.29, 1.82) is 0 Å². The summed E-state index contributed by atoms with van der Waals surface area (Å²) in [7, 11) is 0. The summed E-state index contributed by atoms with van der Waals surface area (Å²) < 4.78 is 5.49. The monoisotopic (exact) mass is 385 g/mol. The van der Waals surface area contributed by atoms with Crippen LogP contribution < -0.4 is 4.90 Å². The first-order chi connectivity index (χ1) is 13.7. The zero-order valence-corrected chi connectivity index (χ0v) is 16.1. The number of carboxylic acids is 1. The van der Waals surface area contributed by atoms with Crippen LogP contribution in [0.4, 0.5) is 5.69 Å². The van der Waals surface area contributed by atoms with Crippen LogP contribution in [0.5, 0.6) is 0 Å². The number of anilines is 1. The number of aromatic nitrogens is 3. The number of morpholine rings is 1. The van der Waals surface area contributed by atoms with Gasteiger partial charge in [-0.1, -0.05) is 6.42 Å². The maximum Gasteiger partial charge on any atom is 0.354 e. The molecule has 2 aliphatic heterocycles. The molecule has 8 nitrogen and oxygen atoms in total. The van der Waals surface area contributed by atoms with Crippen molar-refractivity contribution in [3.63, 3.8) is 0 Å². The van der Waals surface area contributed by atoms with Crippen LogP contribution in [-0.4, -0.2) is 76.6 Å². The Morgan fingerprint density at radius 2 is 1.89 bits per heavy atom. The van der Waals surface area contributed by atoms with Gasteiger partial charge in [-0.25, -0.2) is 9.78 Å². The van der Waals surface area contributed by atoms with Crippen molar-refractivity contribution in [3.05, 3.63) is 17.5 Å². The van der Waals surface area contributed by atoms with Gasteiger partial charge in [0.2, 0.25) is 0 Å². The van der Waals surface area contributed by atoms with Crippen LogP contribution in [0, 0.1) is 0 Å². The van der Waals surface area contributed by atoms with E-state index in [4.69, 9.17) is 4.74 Å². The number of fused-ring (bicyclic) bond motifs is 1. The van der Waals surface area contributed by atoms with Gasteiger partial charge in [0.25, 0.3) is 0 Å². The highest BCUT2D eigenvalue weighted by molar-refractivity contribution is 5.99. The molecular weight excluding hydrogens is 358 g/mol. The van der Waals surface area contributed by atoms with E-state index in [9.17, 15) is 9.90 Å². The number of rotatable bonds is 4. The molecule has 1 aliphatic carbocycles. The Bertz CT molecular complexity index is 864. The van der Waals surface area contributed by atoms with Crippen molar-refractivity contribution >= 4 is 22.7 Å². The number of aromatic amines is 1. The minimum atomic E-state index is -0.942. The van der Waals surface area contributed by atoms with Crippen molar-refractivity contribution in [3.8, 4) is 0 Å². The Morgan fingerprint density at radius 3 is 2.54 bits per heavy atom. The number of carboxylic acid groups (broad SMARTS) is 1. The van der Waals surface area contributed by atoms with Crippen molar-refractivity contribution in [2.45, 2.75) is 44.1 Å². The molecule has 0 radical (unpaired) electrons. The molecule has 2 saturated heterocycles. The summed E-state index contributed by atoms with van der Waals surface area (Å²) in [5.74, 6) is -0.646. The van der Waals surface area contributed by atoms with Gasteiger partial charge in [0, 0.05) is 37.8 Å². The van der Waals surface area contributed by atoms with E-state index in [0.717, 1.165) is 88.1 Å². The third-order valence-electron chi connectivity index (χ3n) is 6.67. The lowest BCUT2D eigenvalue weighted by atomic mass is 9.77. The van der Waals surface area contributed by atoms with Gasteiger partial charge in [-0.15, -0.1) is 0 Å². The number of nitrogens with zero attached hydrogens (tertiary/aromatic N) is 4. The molecule has 3 aliphatic rings. The van der Waals surface area contributed by atoms with E-state index in [0.29, 0.717) is 17.6 Å². The largest absolute Gasteiger partial charge is 0.476 e. The Kier molecular flexibility index (Phi) is 4.68. The van der Waals surface area contributed by atoms with Gasteiger partial charge in [-0.05, 0) is 31.6 Å². The molecule has 0 bridgehead atoms. The SMILES string of the molecule is O=C(O)c1nc2[nH]ncc2c(N2CCC(N3CCOCC3)CC2)c1C1CCC1. The highest BCUT2D eigenvalue weighted by Gasteiger charge is 2.34. The highest BCUT2D eigenvalue weighted by Crippen LogP contribution is 2.45. The number of pyridine rings is 1. The summed E-state index contributed by atoms with van der Waals surface area (Å²) in [4.78, 5) is 21.3.